The van der Waals surface area contributed by atoms with Crippen molar-refractivity contribution in [2.24, 2.45) is 5.10 Å². The number of methoxy groups -OCH3 is 2. The predicted molar refractivity (Wildman–Crippen MR) is 115 cm³/mol. The number of hydrogen-bond donors (Lipinski definition) is 3. The molecule has 0 aromatic heterocycles. The number of ether oxygens (including phenoxy) is 4. The summed E-state index contributed by atoms with van der Waals surface area (Å²) in [6.45, 7) is 1.83. The van der Waals surface area contributed by atoms with Crippen LogP contribution in [0.5, 0.6) is 23.0 Å². The lowest BCUT2D eigenvalue weighted by Crippen LogP contribution is -2.46. The quantitative estimate of drug-likeness (QED) is 0.470. The number of carbonyl (C=O) groups excluding carboxylic acids is 2. The summed E-state index contributed by atoms with van der Waals surface area (Å²) in [5, 5.41) is 9.44. The molecule has 3 amide bonds. The smallest absolute Gasteiger partial charge is 0.319 e. The number of nitrogens with zero attached hydrogens (tertiary/aromatic N) is 1. The molecule has 0 fully saturated rings. The molecule has 0 radical (unpaired) electrons. The standard InChI is InChI=1S/C22H22N4O6/c1-12-19(21(27)26-23-10-13-4-6-16-18(8-13)32-11-31-16)20(25-22(28)24-12)14-5-7-15(29-2)17(9-14)30-3/h4-10,20H,11H2,1-3H3,(H,26,27)(H2,24,25,28)/t20-/m0/s1. The van der Waals surface area contributed by atoms with Gasteiger partial charge in [-0.05, 0) is 48.4 Å². The minimum atomic E-state index is -0.704. The molecule has 0 aliphatic carbocycles. The fraction of sp³-hybridized carbons (Fsp3) is 0.227. The summed E-state index contributed by atoms with van der Waals surface area (Å²) in [6.07, 6.45) is 1.50. The Balaban J connectivity index is 1.56. The number of urea groups is 1. The van der Waals surface area contributed by atoms with Crippen LogP contribution in [-0.4, -0.2) is 39.2 Å². The SMILES string of the molecule is COc1ccc([C@@H]2NC(=O)NC(C)=C2C(=O)NN=Cc2ccc3c(c2)OCO3)cc1OC. The van der Waals surface area contributed by atoms with Crippen LogP contribution in [-0.2, 0) is 4.79 Å². The van der Waals surface area contributed by atoms with Gasteiger partial charge < -0.3 is 29.6 Å². The van der Waals surface area contributed by atoms with E-state index in [0.717, 1.165) is 5.56 Å². The Labute approximate surface area is 184 Å². The van der Waals surface area contributed by atoms with Crippen molar-refractivity contribution >= 4 is 18.2 Å². The van der Waals surface area contributed by atoms with Gasteiger partial charge in [0, 0.05) is 5.70 Å². The number of hydrogen-bond acceptors (Lipinski definition) is 7. The van der Waals surface area contributed by atoms with Gasteiger partial charge in [0.15, 0.2) is 23.0 Å². The third-order valence-corrected chi connectivity index (χ3v) is 5.03. The highest BCUT2D eigenvalue weighted by Crippen LogP contribution is 2.34. The molecule has 2 aromatic carbocycles. The molecule has 2 aliphatic heterocycles. The Hall–Kier alpha value is -4.21. The van der Waals surface area contributed by atoms with Gasteiger partial charge in [-0.3, -0.25) is 4.79 Å². The molecule has 10 nitrogen and oxygen atoms in total. The number of nitrogens with one attached hydrogen (secondary N) is 3. The van der Waals surface area contributed by atoms with Gasteiger partial charge >= 0.3 is 6.03 Å². The van der Waals surface area contributed by atoms with Gasteiger partial charge in [0.25, 0.3) is 5.91 Å². The van der Waals surface area contributed by atoms with Gasteiger partial charge in [-0.25, -0.2) is 10.2 Å². The van der Waals surface area contributed by atoms with E-state index in [-0.39, 0.29) is 6.79 Å². The molecule has 2 aliphatic rings. The number of fused-ring (bicyclic) bond motifs is 1. The van der Waals surface area contributed by atoms with Crippen LogP contribution in [0.25, 0.3) is 0 Å². The van der Waals surface area contributed by atoms with Gasteiger partial charge in [0.2, 0.25) is 6.79 Å². The molecule has 1 atom stereocenters. The van der Waals surface area contributed by atoms with E-state index in [9.17, 15) is 9.59 Å². The topological polar surface area (TPSA) is 120 Å². The van der Waals surface area contributed by atoms with Crippen LogP contribution in [0.1, 0.15) is 24.1 Å². The van der Waals surface area contributed by atoms with Crippen molar-refractivity contribution in [1.82, 2.24) is 16.1 Å². The zero-order chi connectivity index (χ0) is 22.7. The zero-order valence-electron chi connectivity index (χ0n) is 17.7. The lowest BCUT2D eigenvalue weighted by Gasteiger charge is -2.28. The summed E-state index contributed by atoms with van der Waals surface area (Å²) >= 11 is 0. The normalized spacial score (nSPS) is 17.1. The fourth-order valence-corrected chi connectivity index (χ4v) is 3.50. The van der Waals surface area contributed by atoms with Gasteiger partial charge in [0.05, 0.1) is 32.0 Å². The van der Waals surface area contributed by atoms with Crippen LogP contribution in [0.4, 0.5) is 4.79 Å². The summed E-state index contributed by atoms with van der Waals surface area (Å²) in [6, 6.07) is 9.39. The largest absolute Gasteiger partial charge is 0.493 e. The zero-order valence-corrected chi connectivity index (χ0v) is 17.7. The molecule has 0 bridgehead atoms. The van der Waals surface area contributed by atoms with Crippen molar-refractivity contribution in [3.8, 4) is 23.0 Å². The average Bonchev–Trinajstić information content (AvgIpc) is 3.26. The lowest BCUT2D eigenvalue weighted by molar-refractivity contribution is -0.117. The molecule has 166 valence electrons. The highest BCUT2D eigenvalue weighted by atomic mass is 16.7. The number of allylic oxidation sites excluding steroid dienone is 1. The molecule has 2 aromatic rings. The molecule has 2 heterocycles. The third kappa shape index (κ3) is 4.15. The van der Waals surface area contributed by atoms with Crippen molar-refractivity contribution in [2.75, 3.05) is 21.0 Å². The molecule has 0 unspecified atom stereocenters. The van der Waals surface area contributed by atoms with E-state index < -0.39 is 18.0 Å². The van der Waals surface area contributed by atoms with E-state index in [0.29, 0.717) is 39.8 Å². The first-order chi connectivity index (χ1) is 15.5. The monoisotopic (exact) mass is 438 g/mol. The Bertz CT molecular complexity index is 1130. The summed E-state index contributed by atoms with van der Waals surface area (Å²) in [7, 11) is 3.05. The Morgan fingerprint density at radius 1 is 1.12 bits per heavy atom. The van der Waals surface area contributed by atoms with E-state index in [1.165, 1.54) is 20.4 Å². The minimum Gasteiger partial charge on any atom is -0.493 e. The number of rotatable bonds is 6. The predicted octanol–water partition coefficient (Wildman–Crippen LogP) is 2.21. The molecule has 4 rings (SSSR count). The molecular formula is C22H22N4O6. The first-order valence-electron chi connectivity index (χ1n) is 9.73. The van der Waals surface area contributed by atoms with Crippen LogP contribution in [0.3, 0.4) is 0 Å². The molecule has 0 saturated heterocycles. The number of benzene rings is 2. The van der Waals surface area contributed by atoms with Crippen LogP contribution in [0.2, 0.25) is 0 Å². The Morgan fingerprint density at radius 2 is 1.91 bits per heavy atom. The van der Waals surface area contributed by atoms with Gasteiger partial charge in [-0.15, -0.1) is 0 Å². The Kier molecular flexibility index (Phi) is 5.84. The van der Waals surface area contributed by atoms with Crippen molar-refractivity contribution in [3.05, 3.63) is 58.8 Å². The summed E-state index contributed by atoms with van der Waals surface area (Å²) < 4.78 is 21.2. The maximum absolute atomic E-state index is 13.0. The molecule has 32 heavy (non-hydrogen) atoms. The van der Waals surface area contributed by atoms with Gasteiger partial charge in [-0.2, -0.15) is 5.10 Å². The summed E-state index contributed by atoms with van der Waals surface area (Å²) in [4.78, 5) is 25.1. The maximum Gasteiger partial charge on any atom is 0.319 e. The van der Waals surface area contributed by atoms with E-state index in [1.54, 1.807) is 43.3 Å². The van der Waals surface area contributed by atoms with E-state index in [1.807, 2.05) is 0 Å². The Morgan fingerprint density at radius 3 is 2.69 bits per heavy atom. The number of hydrazone groups is 1. The fourth-order valence-electron chi connectivity index (χ4n) is 3.50. The number of amides is 3. The van der Waals surface area contributed by atoms with Crippen molar-refractivity contribution in [3.63, 3.8) is 0 Å². The van der Waals surface area contributed by atoms with Crippen LogP contribution in [0, 0.1) is 0 Å². The van der Waals surface area contributed by atoms with Crippen molar-refractivity contribution < 1.29 is 28.5 Å². The highest BCUT2D eigenvalue weighted by Gasteiger charge is 2.31. The molecule has 10 heteroatoms. The molecule has 0 saturated carbocycles. The lowest BCUT2D eigenvalue weighted by atomic mass is 9.94. The van der Waals surface area contributed by atoms with Gasteiger partial charge in [0.1, 0.15) is 0 Å². The minimum absolute atomic E-state index is 0.177. The molecule has 0 spiro atoms. The van der Waals surface area contributed by atoms with Crippen LogP contribution in [0.15, 0.2) is 52.8 Å². The summed E-state index contributed by atoms with van der Waals surface area (Å²) in [5.41, 5.74) is 4.64. The van der Waals surface area contributed by atoms with Crippen LogP contribution < -0.4 is 35.0 Å². The average molecular weight is 438 g/mol. The van der Waals surface area contributed by atoms with E-state index in [4.69, 9.17) is 18.9 Å². The first kappa shape index (κ1) is 21.0. The highest BCUT2D eigenvalue weighted by molar-refractivity contribution is 5.99. The second-order valence-electron chi connectivity index (χ2n) is 7.00. The second-order valence-corrected chi connectivity index (χ2v) is 7.00. The molecule has 3 N–H and O–H groups in total. The van der Waals surface area contributed by atoms with Gasteiger partial charge in [-0.1, -0.05) is 6.07 Å². The van der Waals surface area contributed by atoms with E-state index >= 15 is 0 Å². The van der Waals surface area contributed by atoms with E-state index in [2.05, 4.69) is 21.2 Å². The molecular weight excluding hydrogens is 416 g/mol. The third-order valence-electron chi connectivity index (χ3n) is 5.03. The van der Waals surface area contributed by atoms with Crippen molar-refractivity contribution in [2.45, 2.75) is 13.0 Å². The van der Waals surface area contributed by atoms with Crippen LogP contribution >= 0.6 is 0 Å². The first-order valence-corrected chi connectivity index (χ1v) is 9.73. The second kappa shape index (κ2) is 8.88. The van der Waals surface area contributed by atoms with Crippen molar-refractivity contribution in [1.29, 1.82) is 0 Å². The summed E-state index contributed by atoms with van der Waals surface area (Å²) in [5.74, 6) is 1.83. The number of carbonyl (C=O) groups is 2. The maximum atomic E-state index is 13.0.